The lowest BCUT2D eigenvalue weighted by atomic mass is 10.1. The van der Waals surface area contributed by atoms with Crippen LogP contribution in [0.15, 0.2) is 83.8 Å². The summed E-state index contributed by atoms with van der Waals surface area (Å²) >= 11 is 0. The van der Waals surface area contributed by atoms with Crippen molar-refractivity contribution < 1.29 is 22.7 Å². The molecule has 1 unspecified atom stereocenters. The van der Waals surface area contributed by atoms with E-state index in [1.54, 1.807) is 42.5 Å². The number of anilines is 1. The molecule has 0 aromatic heterocycles. The molecular formula is C31H39N3O5S. The van der Waals surface area contributed by atoms with Gasteiger partial charge in [0, 0.05) is 13.1 Å². The van der Waals surface area contributed by atoms with Crippen LogP contribution in [0.4, 0.5) is 5.69 Å². The second kappa shape index (κ2) is 14.5. The normalized spacial score (nSPS) is 11.9. The summed E-state index contributed by atoms with van der Waals surface area (Å²) in [6.45, 7) is 8.02. The van der Waals surface area contributed by atoms with E-state index in [1.807, 2.05) is 52.0 Å². The molecule has 0 heterocycles. The molecule has 0 spiro atoms. The Labute approximate surface area is 238 Å². The fraction of sp³-hybridized carbons (Fsp3) is 0.355. The van der Waals surface area contributed by atoms with Crippen LogP contribution in [0.5, 0.6) is 5.75 Å². The van der Waals surface area contributed by atoms with Crippen molar-refractivity contribution >= 4 is 27.5 Å². The van der Waals surface area contributed by atoms with Crippen molar-refractivity contribution in [1.29, 1.82) is 0 Å². The smallest absolute Gasteiger partial charge is 0.264 e. The Morgan fingerprint density at radius 2 is 1.62 bits per heavy atom. The van der Waals surface area contributed by atoms with E-state index in [2.05, 4.69) is 5.32 Å². The first-order valence-corrected chi connectivity index (χ1v) is 15.1. The minimum atomic E-state index is -4.16. The number of ether oxygens (including phenoxy) is 1. The van der Waals surface area contributed by atoms with Crippen LogP contribution in [0.25, 0.3) is 0 Å². The molecule has 214 valence electrons. The molecule has 2 amide bonds. The van der Waals surface area contributed by atoms with Crippen molar-refractivity contribution in [1.82, 2.24) is 10.2 Å². The molecule has 0 aliphatic rings. The zero-order chi connectivity index (χ0) is 29.1. The van der Waals surface area contributed by atoms with Gasteiger partial charge in [0.2, 0.25) is 11.8 Å². The molecule has 1 N–H and O–H groups in total. The largest absolute Gasteiger partial charge is 0.492 e. The van der Waals surface area contributed by atoms with Crippen LogP contribution in [0.2, 0.25) is 0 Å². The summed E-state index contributed by atoms with van der Waals surface area (Å²) in [5.74, 6) is -0.418. The quantitative estimate of drug-likeness (QED) is 0.299. The zero-order valence-electron chi connectivity index (χ0n) is 23.7. The third-order valence-corrected chi connectivity index (χ3v) is 8.19. The van der Waals surface area contributed by atoms with Gasteiger partial charge < -0.3 is 15.0 Å². The highest BCUT2D eigenvalue weighted by molar-refractivity contribution is 7.92. The first-order chi connectivity index (χ1) is 19.2. The average molecular weight is 566 g/mol. The van der Waals surface area contributed by atoms with E-state index < -0.39 is 28.5 Å². The number of hydrogen-bond acceptors (Lipinski definition) is 5. The van der Waals surface area contributed by atoms with Crippen LogP contribution in [-0.4, -0.2) is 50.9 Å². The topological polar surface area (TPSA) is 96.0 Å². The maximum absolute atomic E-state index is 14.1. The van der Waals surface area contributed by atoms with Gasteiger partial charge in [-0.15, -0.1) is 0 Å². The van der Waals surface area contributed by atoms with Gasteiger partial charge in [-0.05, 0) is 56.5 Å². The van der Waals surface area contributed by atoms with Crippen molar-refractivity contribution in [2.75, 3.05) is 24.0 Å². The predicted molar refractivity (Wildman–Crippen MR) is 158 cm³/mol. The molecule has 3 rings (SSSR count). The lowest BCUT2D eigenvalue weighted by Gasteiger charge is -2.33. The van der Waals surface area contributed by atoms with Gasteiger partial charge in [-0.1, -0.05) is 74.0 Å². The Kier molecular flexibility index (Phi) is 11.1. The Morgan fingerprint density at radius 3 is 2.27 bits per heavy atom. The Balaban J connectivity index is 2.09. The van der Waals surface area contributed by atoms with E-state index in [-0.39, 0.29) is 23.0 Å². The predicted octanol–water partition coefficient (Wildman–Crippen LogP) is 4.92. The molecule has 0 radical (unpaired) electrons. The van der Waals surface area contributed by atoms with Crippen molar-refractivity contribution in [3.8, 4) is 5.75 Å². The molecule has 3 aromatic rings. The number of carbonyl (C=O) groups is 2. The van der Waals surface area contributed by atoms with Crippen LogP contribution in [0.3, 0.4) is 0 Å². The van der Waals surface area contributed by atoms with Crippen molar-refractivity contribution in [3.05, 3.63) is 90.0 Å². The summed E-state index contributed by atoms with van der Waals surface area (Å²) < 4.78 is 34.8. The Hall–Kier alpha value is -3.85. The van der Waals surface area contributed by atoms with Crippen molar-refractivity contribution in [2.45, 2.75) is 58.0 Å². The standard InChI is InChI=1S/C31H39N3O5S/c1-5-20-32-31(36)27(6-2)33(22-25-15-13-14-24(4)21-25)30(35)23-34(28-18-11-12-19-29(28)39-7-3)40(37,38)26-16-9-8-10-17-26/h8-19,21,27H,5-7,20,22-23H2,1-4H3,(H,32,36). The van der Waals surface area contributed by atoms with E-state index >= 15 is 0 Å². The van der Waals surface area contributed by atoms with Gasteiger partial charge in [-0.3, -0.25) is 13.9 Å². The summed E-state index contributed by atoms with van der Waals surface area (Å²) in [7, 11) is -4.16. The summed E-state index contributed by atoms with van der Waals surface area (Å²) in [6.07, 6.45) is 1.12. The summed E-state index contributed by atoms with van der Waals surface area (Å²) in [4.78, 5) is 28.9. The molecule has 0 bridgehead atoms. The Bertz CT molecular complexity index is 1380. The maximum atomic E-state index is 14.1. The van der Waals surface area contributed by atoms with E-state index in [1.165, 1.54) is 17.0 Å². The summed E-state index contributed by atoms with van der Waals surface area (Å²) in [5.41, 5.74) is 2.12. The maximum Gasteiger partial charge on any atom is 0.264 e. The van der Waals surface area contributed by atoms with Crippen molar-refractivity contribution in [3.63, 3.8) is 0 Å². The second-order valence-electron chi connectivity index (χ2n) is 9.45. The van der Waals surface area contributed by atoms with E-state index in [9.17, 15) is 18.0 Å². The first kappa shape index (κ1) is 30.7. The number of hydrogen-bond donors (Lipinski definition) is 1. The number of nitrogens with zero attached hydrogens (tertiary/aromatic N) is 2. The number of aryl methyl sites for hydroxylation is 1. The minimum absolute atomic E-state index is 0.0482. The highest BCUT2D eigenvalue weighted by Crippen LogP contribution is 2.33. The summed E-state index contributed by atoms with van der Waals surface area (Å²) in [6, 6.07) is 21.7. The van der Waals surface area contributed by atoms with Gasteiger partial charge in [0.1, 0.15) is 18.3 Å². The third-order valence-electron chi connectivity index (χ3n) is 6.41. The molecule has 3 aromatic carbocycles. The molecular weight excluding hydrogens is 526 g/mol. The highest BCUT2D eigenvalue weighted by Gasteiger charge is 2.34. The SMILES string of the molecule is CCCNC(=O)C(CC)N(Cc1cccc(C)c1)C(=O)CN(c1ccccc1OCC)S(=O)(=O)c1ccccc1. The second-order valence-corrected chi connectivity index (χ2v) is 11.3. The van der Waals surface area contributed by atoms with Gasteiger partial charge in [-0.2, -0.15) is 0 Å². The number of para-hydroxylation sites is 2. The molecule has 1 atom stereocenters. The molecule has 0 saturated heterocycles. The highest BCUT2D eigenvalue weighted by atomic mass is 32.2. The van der Waals surface area contributed by atoms with Crippen LogP contribution < -0.4 is 14.4 Å². The number of nitrogens with one attached hydrogen (secondary N) is 1. The molecule has 0 saturated carbocycles. The number of amides is 2. The third kappa shape index (κ3) is 7.63. The lowest BCUT2D eigenvalue weighted by Crippen LogP contribution is -2.52. The van der Waals surface area contributed by atoms with Gasteiger partial charge in [-0.25, -0.2) is 8.42 Å². The van der Waals surface area contributed by atoms with Gasteiger partial charge in [0.05, 0.1) is 17.2 Å². The zero-order valence-corrected chi connectivity index (χ0v) is 24.5. The van der Waals surface area contributed by atoms with Gasteiger partial charge in [0.15, 0.2) is 0 Å². The molecule has 8 nitrogen and oxygen atoms in total. The summed E-state index contributed by atoms with van der Waals surface area (Å²) in [5, 5.41) is 2.90. The molecule has 0 aliphatic heterocycles. The lowest BCUT2D eigenvalue weighted by molar-refractivity contribution is -0.140. The van der Waals surface area contributed by atoms with Crippen LogP contribution in [0.1, 0.15) is 44.7 Å². The fourth-order valence-electron chi connectivity index (χ4n) is 4.47. The van der Waals surface area contributed by atoms with Crippen LogP contribution >= 0.6 is 0 Å². The van der Waals surface area contributed by atoms with Crippen LogP contribution in [-0.2, 0) is 26.2 Å². The van der Waals surface area contributed by atoms with Gasteiger partial charge in [0.25, 0.3) is 10.0 Å². The number of benzene rings is 3. The van der Waals surface area contributed by atoms with Crippen LogP contribution in [0, 0.1) is 6.92 Å². The molecule has 9 heteroatoms. The molecule has 40 heavy (non-hydrogen) atoms. The Morgan fingerprint density at radius 1 is 0.925 bits per heavy atom. The minimum Gasteiger partial charge on any atom is -0.492 e. The molecule has 0 aliphatic carbocycles. The average Bonchev–Trinajstić information content (AvgIpc) is 2.95. The van der Waals surface area contributed by atoms with Crippen molar-refractivity contribution in [2.24, 2.45) is 0 Å². The first-order valence-electron chi connectivity index (χ1n) is 13.6. The monoisotopic (exact) mass is 565 g/mol. The molecule has 0 fully saturated rings. The number of carbonyl (C=O) groups excluding carboxylic acids is 2. The van der Waals surface area contributed by atoms with E-state index in [0.717, 1.165) is 21.9 Å². The van der Waals surface area contributed by atoms with E-state index in [0.29, 0.717) is 25.3 Å². The fourth-order valence-corrected chi connectivity index (χ4v) is 5.91. The number of sulfonamides is 1. The van der Waals surface area contributed by atoms with Gasteiger partial charge >= 0.3 is 0 Å². The van der Waals surface area contributed by atoms with E-state index in [4.69, 9.17) is 4.74 Å². The number of rotatable bonds is 14.